The molecule has 1 fully saturated rings. The van der Waals surface area contributed by atoms with Gasteiger partial charge in [0, 0.05) is 31.7 Å². The summed E-state index contributed by atoms with van der Waals surface area (Å²) in [6.07, 6.45) is 2.23. The van der Waals surface area contributed by atoms with Crippen LogP contribution in [-0.4, -0.2) is 55.9 Å². The van der Waals surface area contributed by atoms with Crippen LogP contribution in [0, 0.1) is 0 Å². The first kappa shape index (κ1) is 17.2. The zero-order valence-corrected chi connectivity index (χ0v) is 14.2. The van der Waals surface area contributed by atoms with Crippen LogP contribution in [0.3, 0.4) is 0 Å². The van der Waals surface area contributed by atoms with E-state index in [2.05, 4.69) is 17.1 Å². The van der Waals surface area contributed by atoms with Gasteiger partial charge in [0.2, 0.25) is 0 Å². The van der Waals surface area contributed by atoms with Gasteiger partial charge in [-0.25, -0.2) is 0 Å². The molecule has 0 unspecified atom stereocenters. The molecule has 22 heavy (non-hydrogen) atoms. The molecule has 0 spiro atoms. The monoisotopic (exact) mass is 322 g/mol. The predicted molar refractivity (Wildman–Crippen MR) is 93.8 cm³/mol. The van der Waals surface area contributed by atoms with Crippen molar-refractivity contribution in [2.75, 3.05) is 46.0 Å². The molecule has 0 bridgehead atoms. The molecule has 0 aromatic heterocycles. The Kier molecular flexibility index (Phi) is 7.63. The quantitative estimate of drug-likeness (QED) is 0.587. The van der Waals surface area contributed by atoms with Gasteiger partial charge in [0.25, 0.3) is 0 Å². The highest BCUT2D eigenvalue weighted by atomic mass is 32.1. The molecule has 4 nitrogen and oxygen atoms in total. The average molecular weight is 322 g/mol. The first-order valence-corrected chi connectivity index (χ1v) is 8.51. The smallest absolute Gasteiger partial charge is 0.119 e. The molecule has 0 atom stereocenters. The van der Waals surface area contributed by atoms with Crippen LogP contribution >= 0.6 is 12.2 Å². The molecule has 122 valence electrons. The fourth-order valence-corrected chi connectivity index (χ4v) is 2.53. The second kappa shape index (κ2) is 9.77. The molecule has 1 aliphatic rings. The minimum Gasteiger partial charge on any atom is -0.494 e. The Morgan fingerprint density at radius 2 is 2.00 bits per heavy atom. The number of nitrogens with one attached hydrogen (secondary N) is 1. The van der Waals surface area contributed by atoms with Crippen molar-refractivity contribution in [2.45, 2.75) is 19.8 Å². The fourth-order valence-electron chi connectivity index (χ4n) is 2.29. The Labute approximate surface area is 138 Å². The van der Waals surface area contributed by atoms with Crippen molar-refractivity contribution in [3.63, 3.8) is 0 Å². The van der Waals surface area contributed by atoms with Crippen molar-refractivity contribution >= 4 is 17.2 Å². The topological polar surface area (TPSA) is 33.7 Å². The Hall–Kier alpha value is -1.17. The minimum absolute atomic E-state index is 0.776. The summed E-state index contributed by atoms with van der Waals surface area (Å²) in [6, 6.07) is 8.01. The number of nitrogens with zero attached hydrogens (tertiary/aromatic N) is 1. The van der Waals surface area contributed by atoms with Crippen LogP contribution in [0.1, 0.15) is 25.3 Å². The van der Waals surface area contributed by atoms with E-state index in [1.165, 1.54) is 0 Å². The van der Waals surface area contributed by atoms with Crippen molar-refractivity contribution in [1.82, 2.24) is 10.2 Å². The molecule has 1 N–H and O–H groups in total. The van der Waals surface area contributed by atoms with Crippen LogP contribution in [0.4, 0.5) is 0 Å². The lowest BCUT2D eigenvalue weighted by Gasteiger charge is -2.26. The highest BCUT2D eigenvalue weighted by molar-refractivity contribution is 7.80. The van der Waals surface area contributed by atoms with E-state index >= 15 is 0 Å². The van der Waals surface area contributed by atoms with Gasteiger partial charge in [-0.05, 0) is 30.7 Å². The van der Waals surface area contributed by atoms with Crippen molar-refractivity contribution in [1.29, 1.82) is 0 Å². The molecular formula is C17H26N2O2S. The molecule has 0 amide bonds. The van der Waals surface area contributed by atoms with Crippen LogP contribution < -0.4 is 10.1 Å². The first-order chi connectivity index (χ1) is 10.8. The first-order valence-electron chi connectivity index (χ1n) is 8.10. The van der Waals surface area contributed by atoms with Gasteiger partial charge in [0.1, 0.15) is 10.7 Å². The lowest BCUT2D eigenvalue weighted by atomic mass is 10.2. The maximum Gasteiger partial charge on any atom is 0.119 e. The van der Waals surface area contributed by atoms with Gasteiger partial charge >= 0.3 is 0 Å². The molecule has 5 heteroatoms. The standard InChI is InChI=1S/C17H26N2O2S/c1-2-3-12-21-16-6-4-15(5-7-16)17(22)18-8-9-19-10-13-20-14-11-19/h4-7H,2-3,8-14H2,1H3,(H,18,22). The largest absolute Gasteiger partial charge is 0.494 e. The molecular weight excluding hydrogens is 296 g/mol. The van der Waals surface area contributed by atoms with Gasteiger partial charge in [-0.1, -0.05) is 25.6 Å². The molecule has 0 saturated carbocycles. The molecule has 1 heterocycles. The van der Waals surface area contributed by atoms with Gasteiger partial charge in [0.05, 0.1) is 19.8 Å². The van der Waals surface area contributed by atoms with E-state index in [9.17, 15) is 0 Å². The van der Waals surface area contributed by atoms with Gasteiger partial charge in [-0.15, -0.1) is 0 Å². The Bertz CT molecular complexity index is 444. The Morgan fingerprint density at radius 3 is 2.68 bits per heavy atom. The number of thiocarbonyl (C=S) groups is 1. The number of morpholine rings is 1. The van der Waals surface area contributed by atoms with Crippen molar-refractivity contribution in [3.05, 3.63) is 29.8 Å². The van der Waals surface area contributed by atoms with Crippen LogP contribution in [0.15, 0.2) is 24.3 Å². The normalized spacial score (nSPS) is 15.5. The number of unbranched alkanes of at least 4 members (excludes halogenated alkanes) is 1. The van der Waals surface area contributed by atoms with E-state index in [4.69, 9.17) is 21.7 Å². The van der Waals surface area contributed by atoms with Crippen molar-refractivity contribution < 1.29 is 9.47 Å². The summed E-state index contributed by atoms with van der Waals surface area (Å²) in [6.45, 7) is 8.51. The predicted octanol–water partition coefficient (Wildman–Crippen LogP) is 2.46. The van der Waals surface area contributed by atoms with E-state index in [1.54, 1.807) is 0 Å². The van der Waals surface area contributed by atoms with Gasteiger partial charge in [-0.2, -0.15) is 0 Å². The number of rotatable bonds is 8. The summed E-state index contributed by atoms with van der Waals surface area (Å²) in [7, 11) is 0. The molecule has 1 aromatic carbocycles. The van der Waals surface area contributed by atoms with E-state index in [0.717, 1.165) is 75.1 Å². The second-order valence-electron chi connectivity index (χ2n) is 5.44. The van der Waals surface area contributed by atoms with Crippen LogP contribution in [0.2, 0.25) is 0 Å². The lowest BCUT2D eigenvalue weighted by Crippen LogP contribution is -2.41. The maximum atomic E-state index is 5.66. The summed E-state index contributed by atoms with van der Waals surface area (Å²) < 4.78 is 11.0. The summed E-state index contributed by atoms with van der Waals surface area (Å²) in [5.74, 6) is 0.910. The number of hydrogen-bond acceptors (Lipinski definition) is 4. The summed E-state index contributed by atoms with van der Waals surface area (Å²) in [4.78, 5) is 3.19. The summed E-state index contributed by atoms with van der Waals surface area (Å²) in [5, 5.41) is 3.33. The highest BCUT2D eigenvalue weighted by Crippen LogP contribution is 2.13. The van der Waals surface area contributed by atoms with Crippen LogP contribution in [-0.2, 0) is 4.74 Å². The molecule has 1 aliphatic heterocycles. The zero-order chi connectivity index (χ0) is 15.6. The van der Waals surface area contributed by atoms with Gasteiger partial charge in [-0.3, -0.25) is 4.90 Å². The SMILES string of the molecule is CCCCOc1ccc(C(=S)NCCN2CCOCC2)cc1. The molecule has 1 aromatic rings. The number of ether oxygens (including phenoxy) is 2. The van der Waals surface area contributed by atoms with E-state index in [-0.39, 0.29) is 0 Å². The van der Waals surface area contributed by atoms with E-state index in [1.807, 2.05) is 24.3 Å². The molecule has 1 saturated heterocycles. The average Bonchev–Trinajstić information content (AvgIpc) is 2.56. The van der Waals surface area contributed by atoms with E-state index < -0.39 is 0 Å². The van der Waals surface area contributed by atoms with Crippen LogP contribution in [0.25, 0.3) is 0 Å². The number of benzene rings is 1. The van der Waals surface area contributed by atoms with Crippen molar-refractivity contribution in [3.8, 4) is 5.75 Å². The van der Waals surface area contributed by atoms with Gasteiger partial charge in [0.15, 0.2) is 0 Å². The second-order valence-corrected chi connectivity index (χ2v) is 5.84. The third-order valence-electron chi connectivity index (χ3n) is 3.70. The summed E-state index contributed by atoms with van der Waals surface area (Å²) in [5.41, 5.74) is 1.04. The lowest BCUT2D eigenvalue weighted by molar-refractivity contribution is 0.0389. The maximum absolute atomic E-state index is 5.66. The highest BCUT2D eigenvalue weighted by Gasteiger charge is 2.09. The van der Waals surface area contributed by atoms with Crippen molar-refractivity contribution in [2.24, 2.45) is 0 Å². The molecule has 2 rings (SSSR count). The van der Waals surface area contributed by atoms with Gasteiger partial charge < -0.3 is 14.8 Å². The third-order valence-corrected chi connectivity index (χ3v) is 4.08. The Balaban J connectivity index is 1.70. The zero-order valence-electron chi connectivity index (χ0n) is 13.3. The minimum atomic E-state index is 0.776. The van der Waals surface area contributed by atoms with E-state index in [0.29, 0.717) is 0 Å². The Morgan fingerprint density at radius 1 is 1.27 bits per heavy atom. The fraction of sp³-hybridized carbons (Fsp3) is 0.588. The summed E-state index contributed by atoms with van der Waals surface area (Å²) >= 11 is 5.44. The number of hydrogen-bond donors (Lipinski definition) is 1. The molecule has 0 radical (unpaired) electrons. The van der Waals surface area contributed by atoms with Crippen LogP contribution in [0.5, 0.6) is 5.75 Å². The molecule has 0 aliphatic carbocycles. The third kappa shape index (κ3) is 5.91.